The minimum atomic E-state index is -0.157. The number of carbonyl (C=O) groups is 2. The molecular formula is C18H20O6. The van der Waals surface area contributed by atoms with Gasteiger partial charge in [-0.15, -0.1) is 0 Å². The fourth-order valence-electron chi connectivity index (χ4n) is 1.87. The molecule has 0 aromatic heterocycles. The molecule has 0 spiro atoms. The molecule has 2 aromatic carbocycles. The van der Waals surface area contributed by atoms with E-state index in [9.17, 15) is 19.8 Å². The van der Waals surface area contributed by atoms with Crippen LogP contribution >= 0.6 is 0 Å². The lowest BCUT2D eigenvalue weighted by molar-refractivity contribution is 0.100. The van der Waals surface area contributed by atoms with Crippen LogP contribution in [0.25, 0.3) is 0 Å². The van der Waals surface area contributed by atoms with Gasteiger partial charge in [-0.25, -0.2) is 0 Å². The van der Waals surface area contributed by atoms with Crippen molar-refractivity contribution in [1.82, 2.24) is 0 Å². The lowest BCUT2D eigenvalue weighted by atomic mass is 10.1. The van der Waals surface area contributed by atoms with Gasteiger partial charge < -0.3 is 19.7 Å². The number of Topliss-reactive ketones (excluding diaryl/α,β-unsaturated/α-hetero) is 2. The van der Waals surface area contributed by atoms with Gasteiger partial charge in [0.05, 0.1) is 25.3 Å². The summed E-state index contributed by atoms with van der Waals surface area (Å²) in [4.78, 5) is 21.7. The van der Waals surface area contributed by atoms with Gasteiger partial charge in [0.1, 0.15) is 23.0 Å². The maximum absolute atomic E-state index is 10.9. The van der Waals surface area contributed by atoms with Gasteiger partial charge in [-0.2, -0.15) is 0 Å². The van der Waals surface area contributed by atoms with Gasteiger partial charge in [-0.1, -0.05) is 0 Å². The van der Waals surface area contributed by atoms with Crippen molar-refractivity contribution in [3.63, 3.8) is 0 Å². The van der Waals surface area contributed by atoms with Crippen LogP contribution in [0.3, 0.4) is 0 Å². The van der Waals surface area contributed by atoms with Gasteiger partial charge >= 0.3 is 0 Å². The first kappa shape index (κ1) is 19.0. The fraction of sp³-hybridized carbons (Fsp3) is 0.222. The number of hydrogen-bond donors (Lipinski definition) is 2. The summed E-state index contributed by atoms with van der Waals surface area (Å²) in [6, 6.07) is 9.17. The predicted molar refractivity (Wildman–Crippen MR) is 89.3 cm³/mol. The molecule has 0 heterocycles. The predicted octanol–water partition coefficient (Wildman–Crippen LogP) is 3.21. The number of hydrogen-bond acceptors (Lipinski definition) is 6. The third-order valence-electron chi connectivity index (χ3n) is 3.17. The number of ether oxygens (including phenoxy) is 2. The zero-order valence-electron chi connectivity index (χ0n) is 14.0. The van der Waals surface area contributed by atoms with E-state index in [1.165, 1.54) is 52.3 Å². The first-order valence-electron chi connectivity index (χ1n) is 7.06. The van der Waals surface area contributed by atoms with Gasteiger partial charge in [-0.05, 0) is 38.1 Å². The fourth-order valence-corrected chi connectivity index (χ4v) is 1.87. The van der Waals surface area contributed by atoms with Crippen molar-refractivity contribution in [2.24, 2.45) is 0 Å². The second-order valence-corrected chi connectivity index (χ2v) is 4.88. The van der Waals surface area contributed by atoms with E-state index in [0.717, 1.165) is 0 Å². The third kappa shape index (κ3) is 5.01. The minimum Gasteiger partial charge on any atom is -0.507 e. The molecule has 128 valence electrons. The van der Waals surface area contributed by atoms with Crippen molar-refractivity contribution in [2.75, 3.05) is 14.2 Å². The topological polar surface area (TPSA) is 93.1 Å². The first-order valence-corrected chi connectivity index (χ1v) is 7.06. The smallest absolute Gasteiger partial charge is 0.163 e. The van der Waals surface area contributed by atoms with Crippen molar-refractivity contribution in [3.05, 3.63) is 47.5 Å². The molecule has 2 aromatic rings. The van der Waals surface area contributed by atoms with E-state index >= 15 is 0 Å². The zero-order chi connectivity index (χ0) is 18.3. The van der Waals surface area contributed by atoms with E-state index < -0.39 is 0 Å². The Bertz CT molecular complexity index is 673. The summed E-state index contributed by atoms with van der Waals surface area (Å²) in [5.74, 6) is 0.684. The Hall–Kier alpha value is -3.02. The summed E-state index contributed by atoms with van der Waals surface area (Å²) in [6.07, 6.45) is 0. The molecule has 0 aliphatic rings. The number of aromatic hydroxyl groups is 2. The Morgan fingerprint density at radius 2 is 1.08 bits per heavy atom. The molecule has 0 unspecified atom stereocenters. The van der Waals surface area contributed by atoms with Crippen LogP contribution < -0.4 is 9.47 Å². The van der Waals surface area contributed by atoms with Crippen LogP contribution in [0.15, 0.2) is 36.4 Å². The molecule has 2 rings (SSSR count). The number of phenolic OH excluding ortho intramolecular Hbond substituents is 2. The normalized spacial score (nSPS) is 9.50. The van der Waals surface area contributed by atoms with E-state index in [1.807, 2.05) is 0 Å². The molecule has 0 amide bonds. The number of phenols is 2. The van der Waals surface area contributed by atoms with Crippen molar-refractivity contribution in [3.8, 4) is 23.0 Å². The summed E-state index contributed by atoms with van der Waals surface area (Å²) >= 11 is 0. The standard InChI is InChI=1S/2C9H10O3/c2*1-6(10)8-4-3-7(12-2)5-9(8)11/h2*3-5,11H,1-2H3. The number of carbonyl (C=O) groups excluding carboxylic acids is 2. The molecule has 0 saturated heterocycles. The SMILES string of the molecule is COc1ccc(C(C)=O)c(O)c1.COc1ccc(C(C)=O)c(O)c1. The minimum absolute atomic E-state index is 0.0400. The van der Waals surface area contributed by atoms with Crippen molar-refractivity contribution >= 4 is 11.6 Å². The lowest BCUT2D eigenvalue weighted by Crippen LogP contribution is -1.92. The number of rotatable bonds is 4. The maximum atomic E-state index is 10.9. The molecule has 0 aliphatic carbocycles. The quantitative estimate of drug-likeness (QED) is 0.835. The van der Waals surface area contributed by atoms with Gasteiger partial charge in [0.2, 0.25) is 0 Å². The molecule has 0 radical (unpaired) electrons. The summed E-state index contributed by atoms with van der Waals surface area (Å²) in [7, 11) is 3.00. The lowest BCUT2D eigenvalue weighted by Gasteiger charge is -2.02. The van der Waals surface area contributed by atoms with E-state index in [0.29, 0.717) is 22.6 Å². The van der Waals surface area contributed by atoms with Gasteiger partial charge in [0, 0.05) is 12.1 Å². The van der Waals surface area contributed by atoms with Crippen molar-refractivity contribution in [1.29, 1.82) is 0 Å². The summed E-state index contributed by atoms with van der Waals surface area (Å²) in [6.45, 7) is 2.81. The molecular weight excluding hydrogens is 312 g/mol. The van der Waals surface area contributed by atoms with Gasteiger partial charge in [-0.3, -0.25) is 9.59 Å². The summed E-state index contributed by atoms with van der Waals surface area (Å²) in [5, 5.41) is 18.6. The third-order valence-corrected chi connectivity index (χ3v) is 3.17. The average molecular weight is 332 g/mol. The highest BCUT2D eigenvalue weighted by Crippen LogP contribution is 2.24. The molecule has 2 N–H and O–H groups in total. The van der Waals surface area contributed by atoms with E-state index in [1.54, 1.807) is 12.1 Å². The summed E-state index contributed by atoms with van der Waals surface area (Å²) in [5.41, 5.74) is 0.631. The highest BCUT2D eigenvalue weighted by Gasteiger charge is 2.07. The van der Waals surface area contributed by atoms with Crippen molar-refractivity contribution in [2.45, 2.75) is 13.8 Å². The van der Waals surface area contributed by atoms with E-state index in [-0.39, 0.29) is 23.1 Å². The summed E-state index contributed by atoms with van der Waals surface area (Å²) < 4.78 is 9.72. The molecule has 0 fully saturated rings. The van der Waals surface area contributed by atoms with E-state index in [2.05, 4.69) is 0 Å². The number of benzene rings is 2. The van der Waals surface area contributed by atoms with Crippen LogP contribution in [0.2, 0.25) is 0 Å². The maximum Gasteiger partial charge on any atom is 0.163 e. The molecule has 6 heteroatoms. The van der Waals surface area contributed by atoms with Gasteiger partial charge in [0.25, 0.3) is 0 Å². The van der Waals surface area contributed by atoms with Crippen LogP contribution in [0.4, 0.5) is 0 Å². The van der Waals surface area contributed by atoms with Crippen LogP contribution in [0, 0.1) is 0 Å². The molecule has 0 bridgehead atoms. The van der Waals surface area contributed by atoms with Crippen LogP contribution in [0.5, 0.6) is 23.0 Å². The molecule has 24 heavy (non-hydrogen) atoms. The largest absolute Gasteiger partial charge is 0.507 e. The van der Waals surface area contributed by atoms with Gasteiger partial charge in [0.15, 0.2) is 11.6 Å². The Balaban J connectivity index is 0.000000240. The average Bonchev–Trinajstić information content (AvgIpc) is 2.54. The number of methoxy groups -OCH3 is 2. The van der Waals surface area contributed by atoms with Crippen LogP contribution in [0.1, 0.15) is 34.6 Å². The highest BCUT2D eigenvalue weighted by atomic mass is 16.5. The Morgan fingerprint density at radius 1 is 0.750 bits per heavy atom. The highest BCUT2D eigenvalue weighted by molar-refractivity contribution is 5.97. The first-order chi connectivity index (χ1) is 11.3. The second-order valence-electron chi connectivity index (χ2n) is 4.88. The number of ketones is 2. The van der Waals surface area contributed by atoms with Crippen LogP contribution in [-0.2, 0) is 0 Å². The zero-order valence-corrected chi connectivity index (χ0v) is 14.0. The Morgan fingerprint density at radius 3 is 1.29 bits per heavy atom. The molecule has 6 nitrogen and oxygen atoms in total. The molecule has 0 atom stereocenters. The second kappa shape index (κ2) is 8.57. The molecule has 0 saturated carbocycles. The monoisotopic (exact) mass is 332 g/mol. The molecule has 0 aliphatic heterocycles. The van der Waals surface area contributed by atoms with E-state index in [4.69, 9.17) is 9.47 Å². The van der Waals surface area contributed by atoms with Crippen molar-refractivity contribution < 1.29 is 29.3 Å². The van der Waals surface area contributed by atoms with Crippen LogP contribution in [-0.4, -0.2) is 36.0 Å². The Labute approximate surface area is 140 Å². The Kier molecular flexibility index (Phi) is 6.79.